The zero-order valence-electron chi connectivity index (χ0n) is 11.6. The fourth-order valence-electron chi connectivity index (χ4n) is 2.43. The fraction of sp³-hybridized carbons (Fsp3) is 0.769. The number of hydrogen-bond acceptors (Lipinski definition) is 5. The normalized spacial score (nSPS) is 20.1. The zero-order chi connectivity index (χ0) is 13.1. The molecule has 1 fully saturated rings. The predicted octanol–water partition coefficient (Wildman–Crippen LogP) is 1.69. The number of rotatable bonds is 5. The van der Waals surface area contributed by atoms with E-state index in [2.05, 4.69) is 30.8 Å². The predicted molar refractivity (Wildman–Crippen MR) is 78.3 cm³/mol. The van der Waals surface area contributed by atoms with Crippen LogP contribution in [-0.2, 0) is 13.0 Å². The third-order valence-corrected chi connectivity index (χ3v) is 4.78. The summed E-state index contributed by atoms with van der Waals surface area (Å²) in [7, 11) is 4.31. The van der Waals surface area contributed by atoms with Crippen molar-refractivity contribution in [3.63, 3.8) is 0 Å². The molecule has 1 atom stereocenters. The van der Waals surface area contributed by atoms with Gasteiger partial charge < -0.3 is 15.5 Å². The lowest BCUT2D eigenvalue weighted by Gasteiger charge is -2.19. The molecule has 0 radical (unpaired) electrons. The van der Waals surface area contributed by atoms with E-state index < -0.39 is 0 Å². The van der Waals surface area contributed by atoms with Crippen LogP contribution in [0.3, 0.4) is 0 Å². The molecule has 18 heavy (non-hydrogen) atoms. The number of nitrogens with two attached hydrogens (primary N) is 1. The van der Waals surface area contributed by atoms with Gasteiger partial charge in [-0.15, -0.1) is 11.3 Å². The lowest BCUT2D eigenvalue weighted by molar-refractivity contribution is 0.315. The second-order valence-corrected chi connectivity index (χ2v) is 6.23. The lowest BCUT2D eigenvalue weighted by atomic mass is 10.2. The second kappa shape index (κ2) is 5.99. The smallest absolute Gasteiger partial charge is 0.185 e. The Kier molecular flexibility index (Phi) is 4.59. The van der Waals surface area contributed by atoms with Crippen LogP contribution in [0.15, 0.2) is 0 Å². The van der Waals surface area contributed by atoms with Crippen molar-refractivity contribution in [3.05, 3.63) is 10.6 Å². The van der Waals surface area contributed by atoms with Gasteiger partial charge in [0.25, 0.3) is 0 Å². The highest BCUT2D eigenvalue weighted by Crippen LogP contribution is 2.30. The maximum atomic E-state index is 5.81. The van der Waals surface area contributed by atoms with Crippen LogP contribution in [0.5, 0.6) is 0 Å². The Morgan fingerprint density at radius 2 is 2.28 bits per heavy atom. The molecule has 1 aromatic rings. The van der Waals surface area contributed by atoms with E-state index in [-0.39, 0.29) is 0 Å². The minimum absolute atomic E-state index is 0.623. The van der Waals surface area contributed by atoms with Crippen molar-refractivity contribution in [2.45, 2.75) is 38.8 Å². The number of hydrogen-bond donors (Lipinski definition) is 1. The van der Waals surface area contributed by atoms with E-state index in [1.807, 2.05) is 0 Å². The number of likely N-dealkylation sites (N-methyl/N-ethyl adjacent to an activating group) is 1. The van der Waals surface area contributed by atoms with Crippen molar-refractivity contribution in [2.24, 2.45) is 5.73 Å². The van der Waals surface area contributed by atoms with Gasteiger partial charge in [-0.2, -0.15) is 0 Å². The molecule has 0 aliphatic carbocycles. The highest BCUT2D eigenvalue weighted by Gasteiger charge is 2.26. The Morgan fingerprint density at radius 1 is 1.50 bits per heavy atom. The number of nitrogens with zero attached hydrogens (tertiary/aromatic N) is 3. The van der Waals surface area contributed by atoms with E-state index >= 15 is 0 Å². The molecule has 2 heterocycles. The Bertz CT molecular complexity index is 388. The van der Waals surface area contributed by atoms with E-state index in [4.69, 9.17) is 10.7 Å². The topological polar surface area (TPSA) is 45.4 Å². The summed E-state index contributed by atoms with van der Waals surface area (Å²) in [5.41, 5.74) is 7.03. The number of thiazole rings is 1. The van der Waals surface area contributed by atoms with Gasteiger partial charge in [0.05, 0.1) is 5.69 Å². The summed E-state index contributed by atoms with van der Waals surface area (Å²) in [6.45, 7) is 5.03. The molecule has 0 bridgehead atoms. The summed E-state index contributed by atoms with van der Waals surface area (Å²) in [6.07, 6.45) is 3.41. The molecule has 0 amide bonds. The van der Waals surface area contributed by atoms with Crippen LogP contribution in [0, 0.1) is 0 Å². The summed E-state index contributed by atoms with van der Waals surface area (Å²) in [5.74, 6) is 0. The summed E-state index contributed by atoms with van der Waals surface area (Å²) in [5, 5.41) is 1.17. The van der Waals surface area contributed by atoms with Gasteiger partial charge in [-0.05, 0) is 26.9 Å². The molecule has 2 N–H and O–H groups in total. The van der Waals surface area contributed by atoms with E-state index in [0.717, 1.165) is 25.9 Å². The fourth-order valence-corrected chi connectivity index (χ4v) is 3.45. The molecular weight excluding hydrogens is 244 g/mol. The van der Waals surface area contributed by atoms with Crippen molar-refractivity contribution in [1.29, 1.82) is 0 Å². The largest absolute Gasteiger partial charge is 0.346 e. The third kappa shape index (κ3) is 2.84. The van der Waals surface area contributed by atoms with Gasteiger partial charge in [0.1, 0.15) is 0 Å². The van der Waals surface area contributed by atoms with E-state index in [0.29, 0.717) is 12.6 Å². The van der Waals surface area contributed by atoms with Gasteiger partial charge in [0, 0.05) is 30.6 Å². The van der Waals surface area contributed by atoms with Gasteiger partial charge in [0.2, 0.25) is 0 Å². The van der Waals surface area contributed by atoms with E-state index in [1.165, 1.54) is 22.1 Å². The quantitative estimate of drug-likeness (QED) is 0.883. The summed E-state index contributed by atoms with van der Waals surface area (Å²) in [6, 6.07) is 0.657. The zero-order valence-corrected chi connectivity index (χ0v) is 12.5. The van der Waals surface area contributed by atoms with Crippen molar-refractivity contribution in [1.82, 2.24) is 9.88 Å². The molecular formula is C13H24N4S. The van der Waals surface area contributed by atoms with Crippen LogP contribution < -0.4 is 10.6 Å². The summed E-state index contributed by atoms with van der Waals surface area (Å²) < 4.78 is 0. The van der Waals surface area contributed by atoms with Crippen molar-refractivity contribution in [2.75, 3.05) is 32.1 Å². The van der Waals surface area contributed by atoms with Crippen LogP contribution >= 0.6 is 11.3 Å². The van der Waals surface area contributed by atoms with Gasteiger partial charge in [-0.1, -0.05) is 13.3 Å². The maximum absolute atomic E-state index is 5.81. The number of aryl methyl sites for hydroxylation is 1. The molecule has 0 aromatic carbocycles. The van der Waals surface area contributed by atoms with Crippen LogP contribution in [-0.4, -0.2) is 43.1 Å². The van der Waals surface area contributed by atoms with Crippen LogP contribution in [0.1, 0.15) is 30.3 Å². The highest BCUT2D eigenvalue weighted by molar-refractivity contribution is 7.15. The molecule has 102 valence electrons. The first-order chi connectivity index (χ1) is 8.65. The molecule has 0 saturated carbocycles. The van der Waals surface area contributed by atoms with Crippen LogP contribution in [0.25, 0.3) is 0 Å². The lowest BCUT2D eigenvalue weighted by Crippen LogP contribution is -2.31. The van der Waals surface area contributed by atoms with Crippen molar-refractivity contribution in [3.8, 4) is 0 Å². The van der Waals surface area contributed by atoms with E-state index in [9.17, 15) is 0 Å². The first kappa shape index (κ1) is 13.8. The molecule has 2 rings (SSSR count). The maximum Gasteiger partial charge on any atom is 0.185 e. The minimum atomic E-state index is 0.623. The van der Waals surface area contributed by atoms with Gasteiger partial charge in [-0.25, -0.2) is 4.98 Å². The first-order valence-electron chi connectivity index (χ1n) is 6.75. The molecule has 1 aromatic heterocycles. The molecule has 1 aliphatic heterocycles. The summed E-state index contributed by atoms with van der Waals surface area (Å²) >= 11 is 1.78. The van der Waals surface area contributed by atoms with Crippen molar-refractivity contribution >= 4 is 16.5 Å². The third-order valence-electron chi connectivity index (χ3n) is 3.60. The highest BCUT2D eigenvalue weighted by atomic mass is 32.1. The SMILES string of the molecule is CCCc1nc(N2CCC(N(C)C)C2)sc1CN. The Labute approximate surface area is 114 Å². The molecule has 1 saturated heterocycles. The minimum Gasteiger partial charge on any atom is -0.346 e. The monoisotopic (exact) mass is 268 g/mol. The number of anilines is 1. The van der Waals surface area contributed by atoms with Gasteiger partial charge >= 0.3 is 0 Å². The Morgan fingerprint density at radius 3 is 2.83 bits per heavy atom. The molecule has 4 nitrogen and oxygen atoms in total. The molecule has 5 heteroatoms. The van der Waals surface area contributed by atoms with Gasteiger partial charge in [0.15, 0.2) is 5.13 Å². The average molecular weight is 268 g/mol. The molecule has 0 spiro atoms. The first-order valence-corrected chi connectivity index (χ1v) is 7.57. The second-order valence-electron chi connectivity index (χ2n) is 5.17. The van der Waals surface area contributed by atoms with Crippen molar-refractivity contribution < 1.29 is 0 Å². The Hall–Kier alpha value is -0.650. The van der Waals surface area contributed by atoms with Gasteiger partial charge in [-0.3, -0.25) is 0 Å². The average Bonchev–Trinajstić information content (AvgIpc) is 2.94. The van der Waals surface area contributed by atoms with Crippen LogP contribution in [0.4, 0.5) is 5.13 Å². The molecule has 1 aliphatic rings. The molecule has 1 unspecified atom stereocenters. The van der Waals surface area contributed by atoms with E-state index in [1.54, 1.807) is 11.3 Å². The Balaban J connectivity index is 2.10. The standard InChI is InChI=1S/C13H24N4S/c1-4-5-11-12(8-14)18-13(15-11)17-7-6-10(9-17)16(2)3/h10H,4-9,14H2,1-3H3. The summed E-state index contributed by atoms with van der Waals surface area (Å²) in [4.78, 5) is 10.8. The number of aromatic nitrogens is 1. The van der Waals surface area contributed by atoms with Crippen LogP contribution in [0.2, 0.25) is 0 Å².